The van der Waals surface area contributed by atoms with E-state index < -0.39 is 48.2 Å². The van der Waals surface area contributed by atoms with Crippen molar-refractivity contribution < 1.29 is 38.0 Å². The molecule has 8 heteroatoms. The largest absolute Gasteiger partial charge is 0.425 e. The fourth-order valence-electron chi connectivity index (χ4n) is 3.73. The van der Waals surface area contributed by atoms with Gasteiger partial charge in [0, 0.05) is 5.56 Å². The van der Waals surface area contributed by atoms with Crippen molar-refractivity contribution in [3.05, 3.63) is 29.8 Å². The molecular weight excluding hydrogens is 368 g/mol. The summed E-state index contributed by atoms with van der Waals surface area (Å²) in [5.41, 5.74) is 0.532. The molecule has 4 rings (SSSR count). The highest BCUT2D eigenvalue weighted by Crippen LogP contribution is 2.44. The van der Waals surface area contributed by atoms with Gasteiger partial charge in [-0.25, -0.2) is 4.79 Å². The molecule has 3 aliphatic heterocycles. The second-order valence-electron chi connectivity index (χ2n) is 8.09. The van der Waals surface area contributed by atoms with E-state index in [1.54, 1.807) is 52.0 Å². The lowest BCUT2D eigenvalue weighted by atomic mass is 9.99. The van der Waals surface area contributed by atoms with Gasteiger partial charge >= 0.3 is 5.97 Å². The Morgan fingerprint density at radius 1 is 0.857 bits per heavy atom. The van der Waals surface area contributed by atoms with Crippen LogP contribution in [0.25, 0.3) is 0 Å². The van der Waals surface area contributed by atoms with Gasteiger partial charge in [-0.05, 0) is 58.9 Å². The second kappa shape index (κ2) is 6.60. The van der Waals surface area contributed by atoms with Gasteiger partial charge in [0.15, 0.2) is 29.8 Å². The third-order valence-electron chi connectivity index (χ3n) is 4.87. The zero-order chi connectivity index (χ0) is 20.3. The average molecular weight is 392 g/mol. The van der Waals surface area contributed by atoms with Crippen LogP contribution in [0.15, 0.2) is 24.3 Å². The van der Waals surface area contributed by atoms with E-state index in [4.69, 9.17) is 28.4 Å². The molecule has 3 fully saturated rings. The molecule has 28 heavy (non-hydrogen) atoms. The summed E-state index contributed by atoms with van der Waals surface area (Å²) in [4.78, 5) is 24.2. The lowest BCUT2D eigenvalue weighted by Gasteiger charge is -2.35. The Kier molecular flexibility index (Phi) is 4.59. The van der Waals surface area contributed by atoms with Crippen LogP contribution in [0.5, 0.6) is 5.75 Å². The number of benzene rings is 1. The van der Waals surface area contributed by atoms with Crippen LogP contribution in [0.2, 0.25) is 0 Å². The van der Waals surface area contributed by atoms with Crippen LogP contribution >= 0.6 is 0 Å². The van der Waals surface area contributed by atoms with Gasteiger partial charge in [0.25, 0.3) is 0 Å². The number of carbonyl (C=O) groups is 2. The normalized spacial score (nSPS) is 35.1. The zero-order valence-corrected chi connectivity index (χ0v) is 16.5. The van der Waals surface area contributed by atoms with E-state index in [0.29, 0.717) is 11.3 Å². The van der Waals surface area contributed by atoms with E-state index in [9.17, 15) is 9.59 Å². The molecule has 152 valence electrons. The maximum Gasteiger partial charge on any atom is 0.343 e. The van der Waals surface area contributed by atoms with E-state index in [0.717, 1.165) is 0 Å². The third-order valence-corrected chi connectivity index (χ3v) is 4.87. The first-order chi connectivity index (χ1) is 13.0. The number of ether oxygens (including phenoxy) is 6. The Bertz CT molecular complexity index is 784. The quantitative estimate of drug-likeness (QED) is 0.439. The fourth-order valence-corrected chi connectivity index (χ4v) is 3.73. The third kappa shape index (κ3) is 3.58. The standard InChI is InChI=1S/C20H24O8/c1-10(21)11-6-8-12(9-7-11)23-17(22)15-13-14(26-19(2,3)25-13)16-18(24-15)28-20(4,5)27-16/h6-9,13-16,18H,1-5H3/t13-,14-,15-,16+,18-/m0/s1. The average Bonchev–Trinajstić information content (AvgIpc) is 3.08. The fraction of sp³-hybridized carbons (Fsp3) is 0.600. The molecule has 0 aliphatic carbocycles. The van der Waals surface area contributed by atoms with Gasteiger partial charge < -0.3 is 28.4 Å². The minimum atomic E-state index is -1.04. The Labute approximate surface area is 163 Å². The summed E-state index contributed by atoms with van der Waals surface area (Å²) < 4.78 is 34.9. The summed E-state index contributed by atoms with van der Waals surface area (Å²) >= 11 is 0. The summed E-state index contributed by atoms with van der Waals surface area (Å²) in [6.45, 7) is 8.55. The van der Waals surface area contributed by atoms with Crippen LogP contribution in [0, 0.1) is 0 Å². The maximum absolute atomic E-state index is 12.8. The SMILES string of the molecule is CC(=O)c1ccc(OC(=O)[C@H]2O[C@H]3OC(C)(C)O[C@@H]3[C@H]3OC(C)(C)O[C@@H]32)cc1. The molecule has 3 aliphatic rings. The Hall–Kier alpha value is -1.84. The van der Waals surface area contributed by atoms with E-state index >= 15 is 0 Å². The molecule has 0 N–H and O–H groups in total. The van der Waals surface area contributed by atoms with Crippen molar-refractivity contribution in [2.24, 2.45) is 0 Å². The molecule has 0 saturated carbocycles. The van der Waals surface area contributed by atoms with Crippen LogP contribution in [0.1, 0.15) is 45.0 Å². The van der Waals surface area contributed by atoms with Crippen molar-refractivity contribution in [1.29, 1.82) is 0 Å². The van der Waals surface area contributed by atoms with Gasteiger partial charge in [-0.15, -0.1) is 0 Å². The molecular formula is C20H24O8. The molecule has 1 aromatic carbocycles. The van der Waals surface area contributed by atoms with Crippen LogP contribution in [0.4, 0.5) is 0 Å². The first-order valence-corrected chi connectivity index (χ1v) is 9.24. The lowest BCUT2D eigenvalue weighted by molar-refractivity contribution is -0.236. The van der Waals surface area contributed by atoms with Crippen LogP contribution < -0.4 is 4.74 Å². The monoisotopic (exact) mass is 392 g/mol. The van der Waals surface area contributed by atoms with Gasteiger partial charge in [-0.2, -0.15) is 0 Å². The van der Waals surface area contributed by atoms with Gasteiger partial charge in [0.05, 0.1) is 0 Å². The Morgan fingerprint density at radius 3 is 2.07 bits per heavy atom. The Morgan fingerprint density at radius 2 is 1.43 bits per heavy atom. The van der Waals surface area contributed by atoms with E-state index in [2.05, 4.69) is 0 Å². The number of fused-ring (bicyclic) bond motifs is 3. The molecule has 5 atom stereocenters. The molecule has 3 heterocycles. The van der Waals surface area contributed by atoms with Crippen molar-refractivity contribution in [3.8, 4) is 5.75 Å². The summed E-state index contributed by atoms with van der Waals surface area (Å²) in [5.74, 6) is -2.15. The number of rotatable bonds is 3. The highest BCUT2D eigenvalue weighted by atomic mass is 16.9. The smallest absolute Gasteiger partial charge is 0.343 e. The molecule has 0 spiro atoms. The molecule has 0 radical (unpaired) electrons. The predicted octanol–water partition coefficient (Wildman–Crippen LogP) is 2.19. The van der Waals surface area contributed by atoms with Crippen molar-refractivity contribution >= 4 is 11.8 Å². The van der Waals surface area contributed by atoms with Crippen molar-refractivity contribution in [2.75, 3.05) is 0 Å². The summed E-state index contributed by atoms with van der Waals surface area (Å²) in [5, 5.41) is 0. The van der Waals surface area contributed by atoms with E-state index in [1.807, 2.05) is 0 Å². The van der Waals surface area contributed by atoms with Crippen LogP contribution in [-0.2, 0) is 28.5 Å². The van der Waals surface area contributed by atoms with Gasteiger partial charge in [0.2, 0.25) is 0 Å². The molecule has 0 aromatic heterocycles. The van der Waals surface area contributed by atoms with E-state index in [1.165, 1.54) is 6.92 Å². The van der Waals surface area contributed by atoms with Crippen molar-refractivity contribution in [2.45, 2.75) is 76.9 Å². The number of hydrogen-bond acceptors (Lipinski definition) is 8. The van der Waals surface area contributed by atoms with Crippen molar-refractivity contribution in [3.63, 3.8) is 0 Å². The van der Waals surface area contributed by atoms with Gasteiger partial charge in [-0.1, -0.05) is 0 Å². The molecule has 0 unspecified atom stereocenters. The van der Waals surface area contributed by atoms with Gasteiger partial charge in [-0.3, -0.25) is 4.79 Å². The maximum atomic E-state index is 12.8. The van der Waals surface area contributed by atoms with Crippen LogP contribution in [0.3, 0.4) is 0 Å². The highest BCUT2D eigenvalue weighted by molar-refractivity contribution is 5.94. The number of esters is 1. The molecule has 3 saturated heterocycles. The molecule has 8 nitrogen and oxygen atoms in total. The highest BCUT2D eigenvalue weighted by Gasteiger charge is 2.62. The van der Waals surface area contributed by atoms with E-state index in [-0.39, 0.29) is 5.78 Å². The number of ketones is 1. The number of carbonyl (C=O) groups excluding carboxylic acids is 2. The predicted molar refractivity (Wildman–Crippen MR) is 94.6 cm³/mol. The topological polar surface area (TPSA) is 89.5 Å². The second-order valence-corrected chi connectivity index (χ2v) is 8.09. The first-order valence-electron chi connectivity index (χ1n) is 9.24. The summed E-state index contributed by atoms with van der Waals surface area (Å²) in [6.07, 6.45) is -3.56. The minimum Gasteiger partial charge on any atom is -0.425 e. The molecule has 0 bridgehead atoms. The summed E-state index contributed by atoms with van der Waals surface area (Å²) in [7, 11) is 0. The minimum absolute atomic E-state index is 0.0675. The lowest BCUT2D eigenvalue weighted by Crippen LogP contribution is -2.58. The van der Waals surface area contributed by atoms with Gasteiger partial charge in [0.1, 0.15) is 24.1 Å². The molecule has 0 amide bonds. The summed E-state index contributed by atoms with van der Waals surface area (Å²) in [6, 6.07) is 6.32. The number of Topliss-reactive ketones (excluding diaryl/α,β-unsaturated/α-hetero) is 1. The first kappa shape index (κ1) is 19.5. The van der Waals surface area contributed by atoms with Crippen LogP contribution in [-0.4, -0.2) is 54.0 Å². The Balaban J connectivity index is 1.54. The number of hydrogen-bond donors (Lipinski definition) is 0. The molecule has 1 aromatic rings. The van der Waals surface area contributed by atoms with Crippen molar-refractivity contribution in [1.82, 2.24) is 0 Å². The zero-order valence-electron chi connectivity index (χ0n) is 16.5.